The molecule has 0 unspecified atom stereocenters. The molecular formula is C13H12N2O4. The van der Waals surface area contributed by atoms with Gasteiger partial charge in [0.05, 0.1) is 11.3 Å². The number of imide groups is 1. The van der Waals surface area contributed by atoms with Gasteiger partial charge in [-0.25, -0.2) is 4.79 Å². The molecule has 6 nitrogen and oxygen atoms in total. The Morgan fingerprint density at radius 3 is 2.58 bits per heavy atom. The molecule has 2 rings (SSSR count). The summed E-state index contributed by atoms with van der Waals surface area (Å²) >= 11 is 0. The van der Waals surface area contributed by atoms with E-state index in [1.807, 2.05) is 0 Å². The first kappa shape index (κ1) is 12.8. The van der Waals surface area contributed by atoms with Crippen LogP contribution in [0.4, 0.5) is 5.69 Å². The molecule has 0 fully saturated rings. The lowest BCUT2D eigenvalue weighted by molar-refractivity contribution is -0.136. The summed E-state index contributed by atoms with van der Waals surface area (Å²) in [4.78, 5) is 35.5. The minimum atomic E-state index is -1.10. The van der Waals surface area contributed by atoms with Crippen LogP contribution in [0, 0.1) is 0 Å². The molecule has 0 atom stereocenters. The molecule has 6 heteroatoms. The number of carbonyl (C=O) groups excluding carboxylic acids is 2. The van der Waals surface area contributed by atoms with Crippen LogP contribution in [-0.4, -0.2) is 34.3 Å². The zero-order valence-corrected chi connectivity index (χ0v) is 10.2. The number of hydrogen-bond donors (Lipinski definition) is 2. The Balaban J connectivity index is 2.28. The molecule has 0 aromatic heterocycles. The molecule has 19 heavy (non-hydrogen) atoms. The van der Waals surface area contributed by atoms with Gasteiger partial charge < -0.3 is 10.4 Å². The predicted molar refractivity (Wildman–Crippen MR) is 67.5 cm³/mol. The van der Waals surface area contributed by atoms with Crippen molar-refractivity contribution >= 4 is 23.5 Å². The molecule has 1 aromatic carbocycles. The SMILES string of the molecule is CCN1C(=O)C=C(Nc2ccccc2C(=O)O)C1=O. The van der Waals surface area contributed by atoms with Crippen LogP contribution in [0.5, 0.6) is 0 Å². The van der Waals surface area contributed by atoms with E-state index in [2.05, 4.69) is 5.32 Å². The van der Waals surface area contributed by atoms with E-state index in [-0.39, 0.29) is 23.5 Å². The quantitative estimate of drug-likeness (QED) is 0.791. The minimum absolute atomic E-state index is 0.0404. The summed E-state index contributed by atoms with van der Waals surface area (Å²) in [6.07, 6.45) is 1.17. The van der Waals surface area contributed by atoms with Gasteiger partial charge in [-0.1, -0.05) is 12.1 Å². The summed E-state index contributed by atoms with van der Waals surface area (Å²) < 4.78 is 0. The molecule has 98 valence electrons. The molecular weight excluding hydrogens is 248 g/mol. The summed E-state index contributed by atoms with van der Waals surface area (Å²) in [5.41, 5.74) is 0.402. The summed E-state index contributed by atoms with van der Waals surface area (Å²) in [5, 5.41) is 11.7. The standard InChI is InChI=1S/C13H12N2O4/c1-2-15-11(16)7-10(12(15)17)14-9-6-4-3-5-8(9)13(18)19/h3-7,14H,2H2,1H3,(H,18,19). The number of likely N-dealkylation sites (N-methyl/N-ethyl adjacent to an activating group) is 1. The third kappa shape index (κ3) is 2.33. The molecule has 1 aromatic rings. The Morgan fingerprint density at radius 1 is 1.32 bits per heavy atom. The van der Waals surface area contributed by atoms with E-state index in [0.29, 0.717) is 0 Å². The largest absolute Gasteiger partial charge is 0.478 e. The highest BCUT2D eigenvalue weighted by molar-refractivity contribution is 6.17. The number of nitrogens with zero attached hydrogens (tertiary/aromatic N) is 1. The molecule has 0 aliphatic carbocycles. The lowest BCUT2D eigenvalue weighted by atomic mass is 10.1. The number of carboxylic acid groups (broad SMARTS) is 1. The second-order valence-corrected chi connectivity index (χ2v) is 3.92. The second kappa shape index (κ2) is 4.93. The number of anilines is 1. The van der Waals surface area contributed by atoms with E-state index in [1.165, 1.54) is 18.2 Å². The van der Waals surface area contributed by atoms with E-state index < -0.39 is 17.8 Å². The molecule has 1 aliphatic heterocycles. The fraction of sp³-hybridized carbons (Fsp3) is 0.154. The van der Waals surface area contributed by atoms with Crippen LogP contribution in [0.1, 0.15) is 17.3 Å². The van der Waals surface area contributed by atoms with Gasteiger partial charge in [0.15, 0.2) is 0 Å². The van der Waals surface area contributed by atoms with Crippen LogP contribution in [-0.2, 0) is 9.59 Å². The summed E-state index contributed by atoms with van der Waals surface area (Å²) in [5.74, 6) is -1.96. The minimum Gasteiger partial charge on any atom is -0.478 e. The molecule has 0 radical (unpaired) electrons. The van der Waals surface area contributed by atoms with Gasteiger partial charge in [0.1, 0.15) is 5.70 Å². The average Bonchev–Trinajstić information content (AvgIpc) is 2.64. The molecule has 0 bridgehead atoms. The summed E-state index contributed by atoms with van der Waals surface area (Å²) in [7, 11) is 0. The van der Waals surface area contributed by atoms with Gasteiger partial charge in [-0.2, -0.15) is 0 Å². The highest BCUT2D eigenvalue weighted by Gasteiger charge is 2.30. The van der Waals surface area contributed by atoms with Crippen molar-refractivity contribution in [3.8, 4) is 0 Å². The summed E-state index contributed by atoms with van der Waals surface area (Å²) in [6.45, 7) is 1.97. The number of rotatable bonds is 4. The Bertz CT molecular complexity index is 592. The first-order chi connectivity index (χ1) is 9.04. The number of para-hydroxylation sites is 1. The van der Waals surface area contributed by atoms with Crippen LogP contribution in [0.3, 0.4) is 0 Å². The van der Waals surface area contributed by atoms with Crippen molar-refractivity contribution < 1.29 is 19.5 Å². The first-order valence-electron chi connectivity index (χ1n) is 5.71. The van der Waals surface area contributed by atoms with Crippen LogP contribution in [0.15, 0.2) is 36.0 Å². The van der Waals surface area contributed by atoms with Crippen LogP contribution >= 0.6 is 0 Å². The van der Waals surface area contributed by atoms with Gasteiger partial charge in [-0.15, -0.1) is 0 Å². The number of nitrogens with one attached hydrogen (secondary N) is 1. The Morgan fingerprint density at radius 2 is 2.00 bits per heavy atom. The van der Waals surface area contributed by atoms with Crippen molar-refractivity contribution in [2.24, 2.45) is 0 Å². The number of hydrogen-bond acceptors (Lipinski definition) is 4. The highest BCUT2D eigenvalue weighted by atomic mass is 16.4. The summed E-state index contributed by atoms with van der Waals surface area (Å²) in [6, 6.07) is 6.19. The Kier molecular flexibility index (Phi) is 3.33. The van der Waals surface area contributed by atoms with Crippen molar-refractivity contribution in [3.05, 3.63) is 41.6 Å². The Hall–Kier alpha value is -2.63. The number of carbonyl (C=O) groups is 3. The van der Waals surface area contributed by atoms with E-state index >= 15 is 0 Å². The van der Waals surface area contributed by atoms with E-state index in [4.69, 9.17) is 5.11 Å². The van der Waals surface area contributed by atoms with Crippen molar-refractivity contribution in [3.63, 3.8) is 0 Å². The monoisotopic (exact) mass is 260 g/mol. The third-order valence-corrected chi connectivity index (χ3v) is 2.75. The highest BCUT2D eigenvalue weighted by Crippen LogP contribution is 2.20. The Labute approximate surface area is 109 Å². The zero-order chi connectivity index (χ0) is 14.0. The van der Waals surface area contributed by atoms with Crippen molar-refractivity contribution in [1.82, 2.24) is 4.90 Å². The van der Waals surface area contributed by atoms with Gasteiger partial charge >= 0.3 is 5.97 Å². The third-order valence-electron chi connectivity index (χ3n) is 2.75. The lowest BCUT2D eigenvalue weighted by Crippen LogP contribution is -2.31. The maximum absolute atomic E-state index is 11.9. The van der Waals surface area contributed by atoms with E-state index in [1.54, 1.807) is 19.1 Å². The molecule has 0 saturated heterocycles. The topological polar surface area (TPSA) is 86.7 Å². The number of aromatic carboxylic acids is 1. The van der Waals surface area contributed by atoms with Crippen molar-refractivity contribution in [1.29, 1.82) is 0 Å². The fourth-order valence-corrected chi connectivity index (χ4v) is 1.82. The van der Waals surface area contributed by atoms with Crippen molar-refractivity contribution in [2.45, 2.75) is 6.92 Å². The van der Waals surface area contributed by atoms with Gasteiger partial charge in [0, 0.05) is 12.6 Å². The van der Waals surface area contributed by atoms with Crippen molar-refractivity contribution in [2.75, 3.05) is 11.9 Å². The lowest BCUT2D eigenvalue weighted by Gasteiger charge is -2.13. The van der Waals surface area contributed by atoms with Gasteiger partial charge in [0.2, 0.25) is 0 Å². The van der Waals surface area contributed by atoms with E-state index in [9.17, 15) is 14.4 Å². The van der Waals surface area contributed by atoms with Gasteiger partial charge in [-0.3, -0.25) is 14.5 Å². The van der Waals surface area contributed by atoms with E-state index in [0.717, 1.165) is 4.90 Å². The molecule has 2 N–H and O–H groups in total. The molecule has 1 aliphatic rings. The smallest absolute Gasteiger partial charge is 0.337 e. The molecule has 1 heterocycles. The van der Waals surface area contributed by atoms with Crippen LogP contribution in [0.25, 0.3) is 0 Å². The number of benzene rings is 1. The van der Waals surface area contributed by atoms with Gasteiger partial charge in [0.25, 0.3) is 11.8 Å². The number of carboxylic acids is 1. The predicted octanol–water partition coefficient (Wildman–Crippen LogP) is 1.07. The molecule has 0 saturated carbocycles. The first-order valence-corrected chi connectivity index (χ1v) is 5.71. The number of amides is 2. The second-order valence-electron chi connectivity index (χ2n) is 3.92. The molecule has 0 spiro atoms. The van der Waals surface area contributed by atoms with Crippen LogP contribution in [0.2, 0.25) is 0 Å². The average molecular weight is 260 g/mol. The normalized spacial score (nSPS) is 14.6. The zero-order valence-electron chi connectivity index (χ0n) is 10.2. The maximum Gasteiger partial charge on any atom is 0.337 e. The van der Waals surface area contributed by atoms with Crippen LogP contribution < -0.4 is 5.32 Å². The van der Waals surface area contributed by atoms with Gasteiger partial charge in [-0.05, 0) is 19.1 Å². The fourth-order valence-electron chi connectivity index (χ4n) is 1.82. The maximum atomic E-state index is 11.9. The molecule has 2 amide bonds.